The number of fused-ring (bicyclic) bond motifs is 1. The van der Waals surface area contributed by atoms with Crippen LogP contribution in [-0.4, -0.2) is 12.5 Å². The molecule has 5 nitrogen and oxygen atoms in total. The van der Waals surface area contributed by atoms with Gasteiger partial charge in [0.25, 0.3) is 0 Å². The number of benzene rings is 3. The number of hydrogen-bond acceptors (Lipinski definition) is 7. The Kier molecular flexibility index (Phi) is 9.69. The lowest BCUT2D eigenvalue weighted by Crippen LogP contribution is -2.21. The van der Waals surface area contributed by atoms with E-state index in [1.807, 2.05) is 56.0 Å². The molecule has 0 heterocycles. The molecule has 3 N–H and O–H groups in total. The van der Waals surface area contributed by atoms with E-state index in [-0.39, 0.29) is 0 Å². The van der Waals surface area contributed by atoms with E-state index in [1.54, 1.807) is 6.07 Å². The van der Waals surface area contributed by atoms with Crippen molar-refractivity contribution in [3.63, 3.8) is 0 Å². The Balaban J connectivity index is 0.00000176. The predicted octanol–water partition coefficient (Wildman–Crippen LogP) is 7.44. The molecule has 0 unspecified atom stereocenters. The van der Waals surface area contributed by atoms with Gasteiger partial charge in [-0.2, -0.15) is 5.10 Å². The average molecular weight is 527 g/mol. The maximum absolute atomic E-state index is 13.6. The SMILES string of the molecule is C=O.CC(C)=NN(C1=C(C)CCc2ccc(NSc3ccc(F)c(F)c3)cc21)c1ccc(SN)cc1. The third kappa shape index (κ3) is 6.54. The summed E-state index contributed by atoms with van der Waals surface area (Å²) in [6, 6.07) is 18.1. The van der Waals surface area contributed by atoms with Crippen molar-refractivity contribution in [3.8, 4) is 0 Å². The lowest BCUT2D eigenvalue weighted by atomic mass is 9.89. The van der Waals surface area contributed by atoms with Crippen molar-refractivity contribution in [2.24, 2.45) is 10.2 Å². The van der Waals surface area contributed by atoms with Gasteiger partial charge in [0.05, 0.1) is 11.4 Å². The lowest BCUT2D eigenvalue weighted by molar-refractivity contribution is -0.0979. The topological polar surface area (TPSA) is 70.7 Å². The van der Waals surface area contributed by atoms with Gasteiger partial charge in [-0.15, -0.1) is 0 Å². The van der Waals surface area contributed by atoms with Crippen LogP contribution in [-0.2, 0) is 11.2 Å². The van der Waals surface area contributed by atoms with Crippen LogP contribution in [0.2, 0.25) is 0 Å². The molecule has 3 aromatic rings. The minimum absolute atomic E-state index is 0.592. The van der Waals surface area contributed by atoms with Crippen molar-refractivity contribution < 1.29 is 13.6 Å². The molecule has 0 aliphatic heterocycles. The molecule has 9 heteroatoms. The molecule has 0 saturated heterocycles. The first-order valence-electron chi connectivity index (χ1n) is 11.1. The minimum Gasteiger partial charge on any atom is -0.326 e. The Morgan fingerprint density at radius 2 is 1.67 bits per heavy atom. The lowest BCUT2D eigenvalue weighted by Gasteiger charge is -2.30. The average Bonchev–Trinajstić information content (AvgIpc) is 2.89. The van der Waals surface area contributed by atoms with Crippen LogP contribution >= 0.6 is 23.9 Å². The summed E-state index contributed by atoms with van der Waals surface area (Å²) in [4.78, 5) is 9.57. The number of allylic oxidation sites excluding steroid dienone is 1. The molecule has 0 saturated carbocycles. The van der Waals surface area contributed by atoms with Gasteiger partial charge in [0.15, 0.2) is 11.6 Å². The van der Waals surface area contributed by atoms with Crippen molar-refractivity contribution in [2.45, 2.75) is 43.4 Å². The number of hydrogen-bond donors (Lipinski definition) is 2. The molecular formula is C27H28F2N4OS2. The van der Waals surface area contributed by atoms with Crippen LogP contribution in [0, 0.1) is 11.6 Å². The summed E-state index contributed by atoms with van der Waals surface area (Å²) in [5.41, 5.74) is 7.41. The third-order valence-corrected chi connectivity index (χ3v) is 6.82. The number of carbonyl (C=O) groups excluding carboxylic acids is 1. The van der Waals surface area contributed by atoms with Gasteiger partial charge in [0.2, 0.25) is 0 Å². The fourth-order valence-corrected chi connectivity index (χ4v) is 4.76. The van der Waals surface area contributed by atoms with Gasteiger partial charge in [0.1, 0.15) is 6.79 Å². The highest BCUT2D eigenvalue weighted by molar-refractivity contribution is 8.00. The van der Waals surface area contributed by atoms with Crippen molar-refractivity contribution in [2.75, 3.05) is 9.73 Å². The van der Waals surface area contributed by atoms with Crippen LogP contribution < -0.4 is 14.9 Å². The van der Waals surface area contributed by atoms with Crippen LogP contribution in [0.4, 0.5) is 20.2 Å². The van der Waals surface area contributed by atoms with Crippen LogP contribution in [0.3, 0.4) is 0 Å². The molecule has 188 valence electrons. The van der Waals surface area contributed by atoms with Gasteiger partial charge < -0.3 is 9.52 Å². The van der Waals surface area contributed by atoms with E-state index in [2.05, 4.69) is 23.8 Å². The van der Waals surface area contributed by atoms with Gasteiger partial charge in [-0.1, -0.05) is 6.07 Å². The molecule has 0 spiro atoms. The number of hydrazone groups is 1. The summed E-state index contributed by atoms with van der Waals surface area (Å²) >= 11 is 2.45. The second-order valence-corrected chi connectivity index (χ2v) is 9.84. The van der Waals surface area contributed by atoms with E-state index in [0.717, 1.165) is 52.2 Å². The quantitative estimate of drug-likeness (QED) is 0.189. The van der Waals surface area contributed by atoms with Gasteiger partial charge in [0, 0.05) is 26.8 Å². The highest BCUT2D eigenvalue weighted by Crippen LogP contribution is 2.39. The number of nitrogens with zero attached hydrogens (tertiary/aromatic N) is 2. The normalized spacial score (nSPS) is 12.3. The molecule has 1 aliphatic rings. The van der Waals surface area contributed by atoms with E-state index in [9.17, 15) is 8.78 Å². The Morgan fingerprint density at radius 1 is 0.972 bits per heavy atom. The van der Waals surface area contributed by atoms with Crippen molar-refractivity contribution in [3.05, 3.63) is 89.0 Å². The molecule has 0 amide bonds. The Morgan fingerprint density at radius 3 is 2.31 bits per heavy atom. The minimum atomic E-state index is -0.861. The molecule has 36 heavy (non-hydrogen) atoms. The van der Waals surface area contributed by atoms with E-state index in [0.29, 0.717) is 4.90 Å². The summed E-state index contributed by atoms with van der Waals surface area (Å²) in [5, 5.41) is 12.6. The summed E-state index contributed by atoms with van der Waals surface area (Å²) in [7, 11) is 0. The van der Waals surface area contributed by atoms with Crippen LogP contribution in [0.5, 0.6) is 0 Å². The van der Waals surface area contributed by atoms with E-state index < -0.39 is 11.6 Å². The van der Waals surface area contributed by atoms with Gasteiger partial charge >= 0.3 is 0 Å². The second kappa shape index (κ2) is 12.7. The smallest absolute Gasteiger partial charge is 0.160 e. The molecule has 4 rings (SSSR count). The fraction of sp³-hybridized carbons (Fsp3) is 0.185. The highest BCUT2D eigenvalue weighted by Gasteiger charge is 2.23. The number of aryl methyl sites for hydroxylation is 1. The monoisotopic (exact) mass is 526 g/mol. The largest absolute Gasteiger partial charge is 0.326 e. The number of halogens is 2. The van der Waals surface area contributed by atoms with Crippen LogP contribution in [0.1, 0.15) is 38.3 Å². The molecular weight excluding hydrogens is 498 g/mol. The Hall–Kier alpha value is -3.14. The highest BCUT2D eigenvalue weighted by atomic mass is 32.2. The van der Waals surface area contributed by atoms with E-state index in [1.165, 1.54) is 41.1 Å². The first kappa shape index (κ1) is 27.4. The number of nitrogens with two attached hydrogens (primary N) is 1. The van der Waals surface area contributed by atoms with E-state index in [4.69, 9.17) is 15.0 Å². The second-order valence-electron chi connectivity index (χ2n) is 8.25. The Bertz CT molecular complexity index is 1280. The summed E-state index contributed by atoms with van der Waals surface area (Å²) < 4.78 is 30.1. The van der Waals surface area contributed by atoms with Crippen molar-refractivity contribution >= 4 is 53.5 Å². The summed E-state index contributed by atoms with van der Waals surface area (Å²) in [6.07, 6.45) is 1.90. The fourth-order valence-electron chi connectivity index (χ4n) is 3.80. The molecule has 0 atom stereocenters. The molecule has 0 aromatic heterocycles. The van der Waals surface area contributed by atoms with Crippen LogP contribution in [0.25, 0.3) is 5.70 Å². The molecule has 0 radical (unpaired) electrons. The maximum atomic E-state index is 13.6. The summed E-state index contributed by atoms with van der Waals surface area (Å²) in [6.45, 7) is 8.10. The third-order valence-electron chi connectivity index (χ3n) is 5.45. The molecule has 0 bridgehead atoms. The zero-order chi connectivity index (χ0) is 26.2. The number of carbonyl (C=O) groups is 1. The summed E-state index contributed by atoms with van der Waals surface area (Å²) in [5.74, 6) is -1.71. The van der Waals surface area contributed by atoms with Gasteiger partial charge in [-0.05, 0) is 123 Å². The molecule has 0 fully saturated rings. The molecule has 3 aromatic carbocycles. The zero-order valence-electron chi connectivity index (χ0n) is 20.3. The number of rotatable bonds is 7. The van der Waals surface area contributed by atoms with Crippen LogP contribution in [0.15, 0.2) is 81.1 Å². The maximum Gasteiger partial charge on any atom is 0.160 e. The Labute approximate surface area is 219 Å². The van der Waals surface area contributed by atoms with E-state index >= 15 is 0 Å². The zero-order valence-corrected chi connectivity index (χ0v) is 22.0. The number of anilines is 2. The number of nitrogens with one attached hydrogen (secondary N) is 1. The first-order valence-corrected chi connectivity index (χ1v) is 12.8. The predicted molar refractivity (Wildman–Crippen MR) is 148 cm³/mol. The standard InChI is InChI=1S/C26H26F2N4S2.CH2O/c1-16(2)30-32(20-8-10-21(33-29)11-9-20)26-17(3)4-5-18-6-7-19(14-23(18)26)31-34-22-12-13-24(27)25(28)15-22;1-2/h6-15,31H,4-5,29H2,1-3H3;1H2. The van der Waals surface area contributed by atoms with Crippen molar-refractivity contribution in [1.29, 1.82) is 0 Å². The van der Waals surface area contributed by atoms with Gasteiger partial charge in [-0.25, -0.2) is 13.8 Å². The van der Waals surface area contributed by atoms with Gasteiger partial charge in [-0.3, -0.25) is 5.14 Å². The first-order chi connectivity index (χ1) is 17.4. The van der Waals surface area contributed by atoms with Crippen molar-refractivity contribution in [1.82, 2.24) is 0 Å². The molecule has 1 aliphatic carbocycles.